The molecular weight excluding hydrogens is 414 g/mol. The Labute approximate surface area is 181 Å². The molecule has 2 N–H and O–H groups in total. The van der Waals surface area contributed by atoms with Crippen LogP contribution in [-0.2, 0) is 0 Å². The Hall–Kier alpha value is -3.55. The smallest absolute Gasteiger partial charge is 0.267 e. The third kappa shape index (κ3) is 3.68. The highest BCUT2D eigenvalue weighted by atomic mass is 32.1. The number of hydrogen-bond acceptors (Lipinski definition) is 5. The number of rotatable bonds is 3. The number of nitrogens with one attached hydrogen (secondary N) is 2. The van der Waals surface area contributed by atoms with Gasteiger partial charge in [0.25, 0.3) is 5.91 Å². The van der Waals surface area contributed by atoms with Crippen LogP contribution < -0.4 is 10.6 Å². The third-order valence-corrected chi connectivity index (χ3v) is 5.69. The van der Waals surface area contributed by atoms with Gasteiger partial charge in [0.1, 0.15) is 5.52 Å². The number of aromatic nitrogens is 1. The number of hydrogen-bond donors (Lipinski definition) is 2. The van der Waals surface area contributed by atoms with Gasteiger partial charge in [0.2, 0.25) is 5.89 Å². The van der Waals surface area contributed by atoms with E-state index in [1.807, 2.05) is 47.8 Å². The van der Waals surface area contributed by atoms with Crippen LogP contribution in [0.4, 0.5) is 5.69 Å². The first kappa shape index (κ1) is 18.5. The van der Waals surface area contributed by atoms with Crippen molar-refractivity contribution in [1.82, 2.24) is 10.3 Å². The Morgan fingerprint density at radius 2 is 1.83 bits per heavy atom. The van der Waals surface area contributed by atoms with Crippen LogP contribution in [0.1, 0.15) is 9.67 Å². The lowest BCUT2D eigenvalue weighted by Crippen LogP contribution is -2.33. The number of carbonyl (C=O) groups is 1. The average molecular weight is 430 g/mol. The fraction of sp³-hybridized carbons (Fsp3) is 0. The third-order valence-electron chi connectivity index (χ3n) is 4.61. The highest BCUT2D eigenvalue weighted by molar-refractivity contribution is 7.80. The van der Waals surface area contributed by atoms with E-state index >= 15 is 0 Å². The Balaban J connectivity index is 1.37. The molecule has 1 amide bonds. The molecule has 2 heterocycles. The predicted octanol–water partition coefficient (Wildman–Crippen LogP) is 5.84. The van der Waals surface area contributed by atoms with E-state index in [4.69, 9.17) is 16.6 Å². The second-order valence-electron chi connectivity index (χ2n) is 6.65. The maximum atomic E-state index is 12.1. The van der Waals surface area contributed by atoms with Crippen LogP contribution in [0.3, 0.4) is 0 Å². The molecule has 0 fully saturated rings. The van der Waals surface area contributed by atoms with Gasteiger partial charge in [-0.1, -0.05) is 36.4 Å². The van der Waals surface area contributed by atoms with E-state index in [1.165, 1.54) is 16.7 Å². The van der Waals surface area contributed by atoms with Gasteiger partial charge < -0.3 is 9.73 Å². The Bertz CT molecular complexity index is 1390. The van der Waals surface area contributed by atoms with Gasteiger partial charge in [-0.05, 0) is 64.8 Å². The molecule has 5 nitrogen and oxygen atoms in total. The van der Waals surface area contributed by atoms with Gasteiger partial charge in [-0.15, -0.1) is 11.3 Å². The lowest BCUT2D eigenvalue weighted by molar-refractivity contribution is 0.0981. The van der Waals surface area contributed by atoms with Gasteiger partial charge in [-0.2, -0.15) is 0 Å². The van der Waals surface area contributed by atoms with Crippen LogP contribution in [0.2, 0.25) is 0 Å². The number of nitrogens with zero attached hydrogens (tertiary/aromatic N) is 1. The van der Waals surface area contributed by atoms with Crippen molar-refractivity contribution < 1.29 is 9.21 Å². The summed E-state index contributed by atoms with van der Waals surface area (Å²) in [6, 6.07) is 23.4. The Kier molecular flexibility index (Phi) is 4.74. The minimum atomic E-state index is -0.233. The van der Waals surface area contributed by atoms with Crippen molar-refractivity contribution >= 4 is 62.1 Å². The van der Waals surface area contributed by atoms with Gasteiger partial charge in [-0.25, -0.2) is 4.98 Å². The summed E-state index contributed by atoms with van der Waals surface area (Å²) >= 11 is 6.61. The Morgan fingerprint density at radius 1 is 0.967 bits per heavy atom. The molecule has 30 heavy (non-hydrogen) atoms. The lowest BCUT2D eigenvalue weighted by atomic mass is 10.1. The van der Waals surface area contributed by atoms with Gasteiger partial charge in [0.05, 0.1) is 4.88 Å². The summed E-state index contributed by atoms with van der Waals surface area (Å²) in [5, 5.41) is 10.1. The van der Waals surface area contributed by atoms with Crippen molar-refractivity contribution in [2.75, 3.05) is 5.32 Å². The molecule has 0 aliphatic rings. The van der Waals surface area contributed by atoms with Crippen molar-refractivity contribution in [2.24, 2.45) is 0 Å². The minimum absolute atomic E-state index is 0.228. The van der Waals surface area contributed by atoms with E-state index < -0.39 is 0 Å². The van der Waals surface area contributed by atoms with Crippen LogP contribution in [0, 0.1) is 0 Å². The van der Waals surface area contributed by atoms with Crippen LogP contribution in [0.15, 0.2) is 82.6 Å². The van der Waals surface area contributed by atoms with E-state index in [1.54, 1.807) is 6.07 Å². The van der Waals surface area contributed by atoms with Crippen molar-refractivity contribution in [3.8, 4) is 11.5 Å². The summed E-state index contributed by atoms with van der Waals surface area (Å²) in [6.07, 6.45) is 0. The molecular formula is C23H15N3O2S2. The number of thiophene rings is 1. The number of anilines is 1. The topological polar surface area (TPSA) is 67.2 Å². The molecule has 0 atom stereocenters. The standard InChI is InChI=1S/C23H15N3O2S2/c27-21(20-6-3-11-30-20)26-23(29)24-17-9-10-19-18(13-17)25-22(28-19)16-8-7-14-4-1-2-5-15(14)12-16/h1-13H,(H2,24,26,27,29). The lowest BCUT2D eigenvalue weighted by Gasteiger charge is -2.08. The largest absolute Gasteiger partial charge is 0.436 e. The zero-order valence-electron chi connectivity index (χ0n) is 15.6. The van der Waals surface area contributed by atoms with Gasteiger partial charge in [-0.3, -0.25) is 10.1 Å². The number of benzene rings is 3. The number of carbonyl (C=O) groups excluding carboxylic acids is 1. The zero-order chi connectivity index (χ0) is 20.5. The normalized spacial score (nSPS) is 10.9. The molecule has 0 aliphatic heterocycles. The molecule has 3 aromatic carbocycles. The summed E-state index contributed by atoms with van der Waals surface area (Å²) in [5.41, 5.74) is 3.02. The first-order valence-corrected chi connectivity index (χ1v) is 10.5. The fourth-order valence-corrected chi connectivity index (χ4v) is 4.02. The fourth-order valence-electron chi connectivity index (χ4n) is 3.19. The molecule has 146 valence electrons. The molecule has 0 spiro atoms. The first-order valence-electron chi connectivity index (χ1n) is 9.21. The van der Waals surface area contributed by atoms with E-state index in [0.717, 1.165) is 16.6 Å². The van der Waals surface area contributed by atoms with Crippen molar-refractivity contribution in [3.05, 3.63) is 83.1 Å². The van der Waals surface area contributed by atoms with Crippen LogP contribution >= 0.6 is 23.6 Å². The van der Waals surface area contributed by atoms with E-state index in [9.17, 15) is 4.79 Å². The van der Waals surface area contributed by atoms with Gasteiger partial charge in [0.15, 0.2) is 10.7 Å². The predicted molar refractivity (Wildman–Crippen MR) is 125 cm³/mol. The van der Waals surface area contributed by atoms with E-state index in [0.29, 0.717) is 21.9 Å². The quantitative estimate of drug-likeness (QED) is 0.353. The molecule has 5 rings (SSSR count). The monoisotopic (exact) mass is 429 g/mol. The van der Waals surface area contributed by atoms with Crippen LogP contribution in [0.25, 0.3) is 33.3 Å². The SMILES string of the molecule is O=C(NC(=S)Nc1ccc2oc(-c3ccc4ccccc4c3)nc2c1)c1cccs1. The highest BCUT2D eigenvalue weighted by Gasteiger charge is 2.12. The number of fused-ring (bicyclic) bond motifs is 2. The highest BCUT2D eigenvalue weighted by Crippen LogP contribution is 2.28. The van der Waals surface area contributed by atoms with Gasteiger partial charge >= 0.3 is 0 Å². The van der Waals surface area contributed by atoms with Crippen molar-refractivity contribution in [3.63, 3.8) is 0 Å². The van der Waals surface area contributed by atoms with Crippen molar-refractivity contribution in [2.45, 2.75) is 0 Å². The number of oxazole rings is 1. The molecule has 0 bridgehead atoms. The maximum Gasteiger partial charge on any atom is 0.267 e. The van der Waals surface area contributed by atoms with Crippen LogP contribution in [-0.4, -0.2) is 16.0 Å². The van der Waals surface area contributed by atoms with E-state index in [-0.39, 0.29) is 11.0 Å². The second kappa shape index (κ2) is 7.70. The molecule has 5 aromatic rings. The second-order valence-corrected chi connectivity index (χ2v) is 8.00. The summed E-state index contributed by atoms with van der Waals surface area (Å²) in [6.45, 7) is 0. The summed E-state index contributed by atoms with van der Waals surface area (Å²) in [5.74, 6) is 0.324. The van der Waals surface area contributed by atoms with Gasteiger partial charge in [0, 0.05) is 11.3 Å². The maximum absolute atomic E-state index is 12.1. The number of amides is 1. The molecule has 2 aromatic heterocycles. The number of thiocarbonyl (C=S) groups is 1. The molecule has 0 saturated heterocycles. The minimum Gasteiger partial charge on any atom is -0.436 e. The van der Waals surface area contributed by atoms with Crippen molar-refractivity contribution in [1.29, 1.82) is 0 Å². The molecule has 0 unspecified atom stereocenters. The molecule has 0 aliphatic carbocycles. The molecule has 0 saturated carbocycles. The first-order chi connectivity index (χ1) is 14.7. The zero-order valence-corrected chi connectivity index (χ0v) is 17.2. The summed E-state index contributed by atoms with van der Waals surface area (Å²) in [7, 11) is 0. The van der Waals surface area contributed by atoms with Crippen LogP contribution in [0.5, 0.6) is 0 Å². The molecule has 0 radical (unpaired) electrons. The Morgan fingerprint density at radius 3 is 2.67 bits per heavy atom. The summed E-state index contributed by atoms with van der Waals surface area (Å²) < 4.78 is 5.94. The molecule has 7 heteroatoms. The summed E-state index contributed by atoms with van der Waals surface area (Å²) in [4.78, 5) is 17.3. The van der Waals surface area contributed by atoms with E-state index in [2.05, 4.69) is 39.9 Å². The average Bonchev–Trinajstić information content (AvgIpc) is 3.43.